The van der Waals surface area contributed by atoms with Gasteiger partial charge in [0.2, 0.25) is 0 Å². The molecule has 1 atom stereocenters. The molecule has 0 spiro atoms. The van der Waals surface area contributed by atoms with Gasteiger partial charge in [-0.3, -0.25) is 4.79 Å². The van der Waals surface area contributed by atoms with Crippen LogP contribution < -0.4 is 0 Å². The second-order valence-electron chi connectivity index (χ2n) is 5.62. The number of hydrogen-bond donors (Lipinski definition) is 1. The molecular formula is C17H32O2. The highest BCUT2D eigenvalue weighted by atomic mass is 16.4. The fraction of sp³-hybridized carbons (Fsp3) is 0.824. The lowest BCUT2D eigenvalue weighted by Crippen LogP contribution is -1.93. The van der Waals surface area contributed by atoms with Crippen molar-refractivity contribution in [3.05, 3.63) is 12.2 Å². The first-order chi connectivity index (χ1) is 9.16. The van der Waals surface area contributed by atoms with Crippen LogP contribution in [0, 0.1) is 5.92 Å². The van der Waals surface area contributed by atoms with Crippen molar-refractivity contribution in [2.75, 3.05) is 0 Å². The minimum Gasteiger partial charge on any atom is -0.481 e. The van der Waals surface area contributed by atoms with Crippen molar-refractivity contribution in [1.82, 2.24) is 0 Å². The van der Waals surface area contributed by atoms with E-state index in [1.165, 1.54) is 38.5 Å². The van der Waals surface area contributed by atoms with Gasteiger partial charge in [0.25, 0.3) is 0 Å². The van der Waals surface area contributed by atoms with Gasteiger partial charge in [-0.2, -0.15) is 0 Å². The molecule has 0 unspecified atom stereocenters. The fourth-order valence-electron chi connectivity index (χ4n) is 2.09. The van der Waals surface area contributed by atoms with E-state index in [1.54, 1.807) is 0 Å². The van der Waals surface area contributed by atoms with Crippen LogP contribution in [0.15, 0.2) is 12.2 Å². The lowest BCUT2D eigenvalue weighted by atomic mass is 10.0. The number of allylic oxidation sites excluding steroid dienone is 2. The summed E-state index contributed by atoms with van der Waals surface area (Å²) in [6, 6.07) is 0. The molecule has 0 saturated heterocycles. The van der Waals surface area contributed by atoms with E-state index in [0.717, 1.165) is 31.6 Å². The maximum Gasteiger partial charge on any atom is 0.303 e. The Bertz CT molecular complexity index is 233. The zero-order chi connectivity index (χ0) is 14.3. The number of hydrogen-bond acceptors (Lipinski definition) is 1. The molecule has 0 aromatic heterocycles. The topological polar surface area (TPSA) is 37.3 Å². The fourth-order valence-corrected chi connectivity index (χ4v) is 2.09. The summed E-state index contributed by atoms with van der Waals surface area (Å²) in [6.07, 6.45) is 16.9. The Kier molecular flexibility index (Phi) is 13.1. The lowest BCUT2D eigenvalue weighted by molar-refractivity contribution is -0.137. The summed E-state index contributed by atoms with van der Waals surface area (Å²) >= 11 is 0. The summed E-state index contributed by atoms with van der Waals surface area (Å²) < 4.78 is 0. The van der Waals surface area contributed by atoms with Crippen LogP contribution in [0.5, 0.6) is 0 Å². The molecule has 0 aliphatic carbocycles. The molecule has 0 saturated carbocycles. The summed E-state index contributed by atoms with van der Waals surface area (Å²) in [5, 5.41) is 8.50. The number of rotatable bonds is 13. The van der Waals surface area contributed by atoms with Gasteiger partial charge in [-0.25, -0.2) is 0 Å². The van der Waals surface area contributed by atoms with Gasteiger partial charge in [0.15, 0.2) is 0 Å². The van der Waals surface area contributed by atoms with Gasteiger partial charge >= 0.3 is 5.97 Å². The molecule has 0 aliphatic heterocycles. The van der Waals surface area contributed by atoms with Crippen molar-refractivity contribution in [2.45, 2.75) is 84.5 Å². The Hall–Kier alpha value is -0.790. The van der Waals surface area contributed by atoms with Gasteiger partial charge in [-0.1, -0.05) is 58.1 Å². The molecule has 1 N–H and O–H groups in total. The highest BCUT2D eigenvalue weighted by molar-refractivity contribution is 5.66. The Morgan fingerprint density at radius 2 is 1.58 bits per heavy atom. The van der Waals surface area contributed by atoms with Gasteiger partial charge in [-0.05, 0) is 38.0 Å². The SMILES string of the molecule is CC[C@H](C)CCCC/C=C\CCCCCCC(=O)O. The summed E-state index contributed by atoms with van der Waals surface area (Å²) in [5.74, 6) is 0.215. The van der Waals surface area contributed by atoms with E-state index in [4.69, 9.17) is 5.11 Å². The molecule has 0 amide bonds. The highest BCUT2D eigenvalue weighted by Crippen LogP contribution is 2.12. The van der Waals surface area contributed by atoms with E-state index < -0.39 is 5.97 Å². The van der Waals surface area contributed by atoms with Crippen molar-refractivity contribution in [2.24, 2.45) is 5.92 Å². The summed E-state index contributed by atoms with van der Waals surface area (Å²) in [7, 11) is 0. The van der Waals surface area contributed by atoms with Crippen molar-refractivity contribution >= 4 is 5.97 Å². The van der Waals surface area contributed by atoms with Gasteiger partial charge in [-0.15, -0.1) is 0 Å². The Labute approximate surface area is 119 Å². The van der Waals surface area contributed by atoms with Crippen molar-refractivity contribution < 1.29 is 9.90 Å². The maximum absolute atomic E-state index is 10.3. The molecule has 0 aromatic rings. The van der Waals surface area contributed by atoms with Gasteiger partial charge < -0.3 is 5.11 Å². The average molecular weight is 268 g/mol. The van der Waals surface area contributed by atoms with Crippen LogP contribution in [0.3, 0.4) is 0 Å². The summed E-state index contributed by atoms with van der Waals surface area (Å²) in [6.45, 7) is 4.60. The molecule has 0 aromatic carbocycles. The highest BCUT2D eigenvalue weighted by Gasteiger charge is 1.97. The van der Waals surface area contributed by atoms with E-state index in [0.29, 0.717) is 6.42 Å². The van der Waals surface area contributed by atoms with Gasteiger partial charge in [0.05, 0.1) is 0 Å². The van der Waals surface area contributed by atoms with Crippen LogP contribution in [0.2, 0.25) is 0 Å². The second kappa shape index (κ2) is 13.6. The van der Waals surface area contributed by atoms with E-state index in [9.17, 15) is 4.79 Å². The first kappa shape index (κ1) is 18.2. The summed E-state index contributed by atoms with van der Waals surface area (Å²) in [4.78, 5) is 10.3. The third kappa shape index (κ3) is 15.2. The van der Waals surface area contributed by atoms with Gasteiger partial charge in [0, 0.05) is 6.42 Å². The zero-order valence-electron chi connectivity index (χ0n) is 12.9. The van der Waals surface area contributed by atoms with Crippen LogP contribution in [-0.2, 0) is 4.79 Å². The normalized spacial score (nSPS) is 12.9. The van der Waals surface area contributed by atoms with Gasteiger partial charge in [0.1, 0.15) is 0 Å². The molecule has 0 radical (unpaired) electrons. The third-order valence-corrected chi connectivity index (χ3v) is 3.69. The van der Waals surface area contributed by atoms with Crippen LogP contribution in [0.4, 0.5) is 0 Å². The minimum atomic E-state index is -0.669. The van der Waals surface area contributed by atoms with Crippen LogP contribution in [0.1, 0.15) is 84.5 Å². The molecule has 19 heavy (non-hydrogen) atoms. The minimum absolute atomic E-state index is 0.325. The Morgan fingerprint density at radius 3 is 2.16 bits per heavy atom. The van der Waals surface area contributed by atoms with Crippen LogP contribution in [-0.4, -0.2) is 11.1 Å². The Morgan fingerprint density at radius 1 is 1.00 bits per heavy atom. The van der Waals surface area contributed by atoms with Crippen molar-refractivity contribution in [3.63, 3.8) is 0 Å². The van der Waals surface area contributed by atoms with Crippen LogP contribution in [0.25, 0.3) is 0 Å². The number of unbranched alkanes of at least 4 members (excludes halogenated alkanes) is 6. The van der Waals surface area contributed by atoms with Crippen molar-refractivity contribution in [1.29, 1.82) is 0 Å². The molecule has 0 aliphatic rings. The number of carboxylic acids is 1. The third-order valence-electron chi connectivity index (χ3n) is 3.69. The largest absolute Gasteiger partial charge is 0.481 e. The first-order valence-corrected chi connectivity index (χ1v) is 8.03. The predicted molar refractivity (Wildman–Crippen MR) is 82.4 cm³/mol. The molecule has 112 valence electrons. The number of carbonyl (C=O) groups is 1. The van der Waals surface area contributed by atoms with E-state index in [2.05, 4.69) is 26.0 Å². The molecule has 2 nitrogen and oxygen atoms in total. The monoisotopic (exact) mass is 268 g/mol. The molecule has 2 heteroatoms. The quantitative estimate of drug-likeness (QED) is 0.350. The lowest BCUT2D eigenvalue weighted by Gasteiger charge is -2.06. The predicted octanol–water partition coefficient (Wildman–Crippen LogP) is 5.57. The van der Waals surface area contributed by atoms with E-state index in [-0.39, 0.29) is 0 Å². The van der Waals surface area contributed by atoms with Crippen LogP contribution >= 0.6 is 0 Å². The standard InChI is InChI=1S/C17H32O2/c1-3-16(2)14-12-10-8-6-4-5-7-9-11-13-15-17(18)19/h4,6,16H,3,5,7-15H2,1-2H3,(H,18,19)/b6-4-/t16-/m0/s1. The smallest absolute Gasteiger partial charge is 0.303 e. The first-order valence-electron chi connectivity index (χ1n) is 8.03. The average Bonchev–Trinajstić information content (AvgIpc) is 2.39. The molecular weight excluding hydrogens is 236 g/mol. The number of carboxylic acid groups (broad SMARTS) is 1. The maximum atomic E-state index is 10.3. The number of aliphatic carboxylic acids is 1. The summed E-state index contributed by atoms with van der Waals surface area (Å²) in [5.41, 5.74) is 0. The molecule has 0 fully saturated rings. The Balaban J connectivity index is 3.15. The zero-order valence-corrected chi connectivity index (χ0v) is 12.9. The molecule has 0 bridgehead atoms. The molecule has 0 rings (SSSR count). The van der Waals surface area contributed by atoms with Crippen molar-refractivity contribution in [3.8, 4) is 0 Å². The van der Waals surface area contributed by atoms with E-state index >= 15 is 0 Å². The second-order valence-corrected chi connectivity index (χ2v) is 5.62. The molecule has 0 heterocycles. The van der Waals surface area contributed by atoms with E-state index in [1.807, 2.05) is 0 Å².